The molecule has 1 amide bonds. The van der Waals surface area contributed by atoms with Crippen LogP contribution in [0.5, 0.6) is 0 Å². The normalized spacial score (nSPS) is 14.8. The van der Waals surface area contributed by atoms with Crippen LogP contribution in [0, 0.1) is 5.82 Å². The monoisotopic (exact) mass is 483 g/mol. The Labute approximate surface area is 191 Å². The number of esters is 1. The number of benzene rings is 2. The van der Waals surface area contributed by atoms with E-state index in [0.717, 1.165) is 11.8 Å². The number of hydrogen-bond acceptors (Lipinski definition) is 6. The second-order valence-electron chi connectivity index (χ2n) is 7.38. The molecule has 0 N–H and O–H groups in total. The Bertz CT molecular complexity index is 1100. The number of amides is 1. The summed E-state index contributed by atoms with van der Waals surface area (Å²) in [5.41, 5.74) is 0.781. The average molecular weight is 484 g/mol. The Kier molecular flexibility index (Phi) is 7.37. The van der Waals surface area contributed by atoms with Gasteiger partial charge < -0.3 is 14.5 Å². The summed E-state index contributed by atoms with van der Waals surface area (Å²) in [6.07, 6.45) is 0. The standard InChI is InChI=1S/C21H23ClFN3O5S/c1-24(2)20(27)14-31-21(28)15-3-8-18(22)19(13-15)32(29,30)26-11-9-25(10-12-26)17-6-4-16(23)5-7-17/h3-8,13H,9-12,14H2,1-2H3. The van der Waals surface area contributed by atoms with Crippen LogP contribution in [0.3, 0.4) is 0 Å². The number of carbonyl (C=O) groups excluding carboxylic acids is 2. The lowest BCUT2D eigenvalue weighted by atomic mass is 10.2. The highest BCUT2D eigenvalue weighted by Gasteiger charge is 2.31. The zero-order valence-corrected chi connectivity index (χ0v) is 19.2. The minimum Gasteiger partial charge on any atom is -0.452 e. The van der Waals surface area contributed by atoms with Gasteiger partial charge in [-0.25, -0.2) is 17.6 Å². The maximum atomic E-state index is 13.2. The second-order valence-corrected chi connectivity index (χ2v) is 9.69. The largest absolute Gasteiger partial charge is 0.452 e. The van der Waals surface area contributed by atoms with Crippen LogP contribution < -0.4 is 4.90 Å². The molecule has 1 heterocycles. The molecule has 0 aliphatic carbocycles. The molecule has 0 saturated carbocycles. The molecule has 0 spiro atoms. The summed E-state index contributed by atoms with van der Waals surface area (Å²) in [7, 11) is -0.920. The minimum absolute atomic E-state index is 0.0214. The number of piperazine rings is 1. The van der Waals surface area contributed by atoms with Crippen LogP contribution in [-0.2, 0) is 19.6 Å². The van der Waals surface area contributed by atoms with Crippen molar-refractivity contribution >= 4 is 39.2 Å². The van der Waals surface area contributed by atoms with Gasteiger partial charge in [-0.15, -0.1) is 0 Å². The first kappa shape index (κ1) is 24.0. The predicted molar refractivity (Wildman–Crippen MR) is 118 cm³/mol. The molecule has 1 aliphatic rings. The van der Waals surface area contributed by atoms with Crippen molar-refractivity contribution in [2.24, 2.45) is 0 Å². The Morgan fingerprint density at radius 3 is 2.28 bits per heavy atom. The van der Waals surface area contributed by atoms with E-state index in [9.17, 15) is 22.4 Å². The smallest absolute Gasteiger partial charge is 0.338 e. The maximum absolute atomic E-state index is 13.2. The summed E-state index contributed by atoms with van der Waals surface area (Å²) in [4.78, 5) is 26.9. The van der Waals surface area contributed by atoms with Crippen LogP contribution in [0.2, 0.25) is 5.02 Å². The average Bonchev–Trinajstić information content (AvgIpc) is 2.78. The zero-order chi connectivity index (χ0) is 23.5. The number of nitrogens with zero attached hydrogens (tertiary/aromatic N) is 3. The van der Waals surface area contributed by atoms with E-state index < -0.39 is 28.5 Å². The summed E-state index contributed by atoms with van der Waals surface area (Å²) < 4.78 is 45.8. The van der Waals surface area contributed by atoms with Crippen LogP contribution >= 0.6 is 11.6 Å². The lowest BCUT2D eigenvalue weighted by Gasteiger charge is -2.35. The fourth-order valence-corrected chi connectivity index (χ4v) is 5.07. The van der Waals surface area contributed by atoms with Gasteiger partial charge in [0.05, 0.1) is 10.6 Å². The van der Waals surface area contributed by atoms with Gasteiger partial charge in [0.25, 0.3) is 5.91 Å². The molecule has 1 saturated heterocycles. The fourth-order valence-electron chi connectivity index (χ4n) is 3.15. The zero-order valence-electron chi connectivity index (χ0n) is 17.6. The van der Waals surface area contributed by atoms with Crippen LogP contribution in [-0.4, -0.2) is 76.4 Å². The summed E-state index contributed by atoms with van der Waals surface area (Å²) in [6.45, 7) is 0.764. The van der Waals surface area contributed by atoms with E-state index in [1.807, 2.05) is 4.90 Å². The highest BCUT2D eigenvalue weighted by atomic mass is 35.5. The molecular weight excluding hydrogens is 461 g/mol. The van der Waals surface area contributed by atoms with Crippen molar-refractivity contribution in [1.82, 2.24) is 9.21 Å². The summed E-state index contributed by atoms with van der Waals surface area (Å²) in [5, 5.41) is -0.0214. The van der Waals surface area contributed by atoms with Gasteiger partial charge in [-0.2, -0.15) is 4.31 Å². The first-order valence-electron chi connectivity index (χ1n) is 9.77. The molecule has 0 radical (unpaired) electrons. The number of ether oxygens (including phenoxy) is 1. The molecule has 0 aromatic heterocycles. The van der Waals surface area contributed by atoms with Crippen molar-refractivity contribution in [1.29, 1.82) is 0 Å². The molecule has 3 rings (SSSR count). The number of likely N-dealkylation sites (N-methyl/N-ethyl adjacent to an activating group) is 1. The molecule has 172 valence electrons. The molecule has 11 heteroatoms. The van der Waals surface area contributed by atoms with Gasteiger partial charge in [0.1, 0.15) is 10.7 Å². The van der Waals surface area contributed by atoms with Crippen LogP contribution in [0.25, 0.3) is 0 Å². The Morgan fingerprint density at radius 2 is 1.69 bits per heavy atom. The molecule has 2 aromatic carbocycles. The summed E-state index contributed by atoms with van der Waals surface area (Å²) >= 11 is 6.15. The Morgan fingerprint density at radius 1 is 1.06 bits per heavy atom. The van der Waals surface area contributed by atoms with Gasteiger partial charge in [0.15, 0.2) is 6.61 Å². The lowest BCUT2D eigenvalue weighted by Crippen LogP contribution is -2.48. The Balaban J connectivity index is 1.72. The van der Waals surface area contributed by atoms with Crippen molar-refractivity contribution in [3.8, 4) is 0 Å². The van der Waals surface area contributed by atoms with Gasteiger partial charge in [0, 0.05) is 46.0 Å². The third-order valence-electron chi connectivity index (χ3n) is 5.04. The van der Waals surface area contributed by atoms with Crippen molar-refractivity contribution < 1.29 is 27.1 Å². The van der Waals surface area contributed by atoms with E-state index in [1.54, 1.807) is 12.1 Å². The number of anilines is 1. The Hall–Kier alpha value is -2.69. The topological polar surface area (TPSA) is 87.2 Å². The number of rotatable bonds is 6. The molecule has 2 aromatic rings. The van der Waals surface area contributed by atoms with E-state index in [-0.39, 0.29) is 34.4 Å². The van der Waals surface area contributed by atoms with E-state index >= 15 is 0 Å². The van der Waals surface area contributed by atoms with E-state index in [2.05, 4.69) is 0 Å². The van der Waals surface area contributed by atoms with E-state index in [1.165, 1.54) is 47.6 Å². The predicted octanol–water partition coefficient (Wildman–Crippen LogP) is 2.23. The molecule has 0 atom stereocenters. The van der Waals surface area contributed by atoms with Crippen LogP contribution in [0.4, 0.5) is 10.1 Å². The first-order chi connectivity index (χ1) is 15.1. The molecular formula is C21H23ClFN3O5S. The van der Waals surface area contributed by atoms with E-state index in [0.29, 0.717) is 13.1 Å². The van der Waals surface area contributed by atoms with Crippen molar-refractivity contribution in [2.45, 2.75) is 4.90 Å². The number of halogens is 2. The minimum atomic E-state index is -3.97. The van der Waals surface area contributed by atoms with Crippen molar-refractivity contribution in [3.05, 3.63) is 58.9 Å². The molecule has 8 nitrogen and oxygen atoms in total. The third kappa shape index (κ3) is 5.37. The SMILES string of the molecule is CN(C)C(=O)COC(=O)c1ccc(Cl)c(S(=O)(=O)N2CCN(c3ccc(F)cc3)CC2)c1. The van der Waals surface area contributed by atoms with Gasteiger partial charge in [-0.05, 0) is 42.5 Å². The fraction of sp³-hybridized carbons (Fsp3) is 0.333. The number of sulfonamides is 1. The molecule has 32 heavy (non-hydrogen) atoms. The third-order valence-corrected chi connectivity index (χ3v) is 7.42. The van der Waals surface area contributed by atoms with Gasteiger partial charge in [-0.1, -0.05) is 11.6 Å². The van der Waals surface area contributed by atoms with Crippen molar-refractivity contribution in [3.63, 3.8) is 0 Å². The summed E-state index contributed by atoms with van der Waals surface area (Å²) in [5.74, 6) is -1.57. The van der Waals surface area contributed by atoms with Crippen LogP contribution in [0.1, 0.15) is 10.4 Å². The van der Waals surface area contributed by atoms with Gasteiger partial charge in [-0.3, -0.25) is 4.79 Å². The van der Waals surface area contributed by atoms with Gasteiger partial charge >= 0.3 is 5.97 Å². The number of hydrogen-bond donors (Lipinski definition) is 0. The molecule has 0 unspecified atom stereocenters. The molecule has 1 fully saturated rings. The quantitative estimate of drug-likeness (QED) is 0.586. The molecule has 0 bridgehead atoms. The highest BCUT2D eigenvalue weighted by Crippen LogP contribution is 2.28. The van der Waals surface area contributed by atoms with Crippen molar-refractivity contribution in [2.75, 3.05) is 51.8 Å². The van der Waals surface area contributed by atoms with Crippen LogP contribution in [0.15, 0.2) is 47.4 Å². The maximum Gasteiger partial charge on any atom is 0.338 e. The lowest BCUT2D eigenvalue weighted by molar-refractivity contribution is -0.131. The second kappa shape index (κ2) is 9.85. The summed E-state index contributed by atoms with van der Waals surface area (Å²) in [6, 6.07) is 9.82. The molecule has 1 aliphatic heterocycles. The van der Waals surface area contributed by atoms with E-state index in [4.69, 9.17) is 16.3 Å². The van der Waals surface area contributed by atoms with Gasteiger partial charge in [0.2, 0.25) is 10.0 Å². The first-order valence-corrected chi connectivity index (χ1v) is 11.6. The number of carbonyl (C=O) groups is 2. The highest BCUT2D eigenvalue weighted by molar-refractivity contribution is 7.89.